The van der Waals surface area contributed by atoms with E-state index in [-0.39, 0.29) is 29.1 Å². The van der Waals surface area contributed by atoms with Crippen molar-refractivity contribution in [2.45, 2.75) is 12.5 Å². The smallest absolute Gasteiger partial charge is 0.180 e. The van der Waals surface area contributed by atoms with Crippen molar-refractivity contribution < 1.29 is 19.8 Å². The van der Waals surface area contributed by atoms with Crippen LogP contribution < -0.4 is 0 Å². The van der Waals surface area contributed by atoms with E-state index in [1.54, 1.807) is 30.3 Å². The number of hydrogen-bond donors (Lipinski definition) is 2. The summed E-state index contributed by atoms with van der Waals surface area (Å²) in [5.74, 6) is -0.901. The maximum atomic E-state index is 12.8. The van der Waals surface area contributed by atoms with Gasteiger partial charge in [-0.3, -0.25) is 9.59 Å². The van der Waals surface area contributed by atoms with Gasteiger partial charge >= 0.3 is 0 Å². The third kappa shape index (κ3) is 1.28. The van der Waals surface area contributed by atoms with Crippen molar-refractivity contribution in [3.8, 4) is 5.75 Å². The Labute approximate surface area is 120 Å². The van der Waals surface area contributed by atoms with Gasteiger partial charge in [0.05, 0.1) is 0 Å². The Bertz CT molecular complexity index is 808. The van der Waals surface area contributed by atoms with Gasteiger partial charge in [-0.2, -0.15) is 0 Å². The molecular formula is C17H12O4. The van der Waals surface area contributed by atoms with Gasteiger partial charge in [-0.15, -0.1) is 0 Å². The number of Topliss-reactive ketones (excluding diaryl/α,β-unsaturated/α-hetero) is 2. The molecule has 0 aliphatic heterocycles. The molecule has 4 nitrogen and oxygen atoms in total. The van der Waals surface area contributed by atoms with Crippen LogP contribution in [0.15, 0.2) is 42.5 Å². The highest BCUT2D eigenvalue weighted by Crippen LogP contribution is 2.55. The lowest BCUT2D eigenvalue weighted by atomic mass is 9.77. The summed E-state index contributed by atoms with van der Waals surface area (Å²) in [6, 6.07) is 11.5. The third-order valence-electron chi connectivity index (χ3n) is 4.61. The van der Waals surface area contributed by atoms with Gasteiger partial charge in [0.2, 0.25) is 0 Å². The number of aliphatic hydroxyl groups excluding tert-OH is 1. The number of aromatic hydroxyl groups is 1. The summed E-state index contributed by atoms with van der Waals surface area (Å²) < 4.78 is 0. The van der Waals surface area contributed by atoms with Gasteiger partial charge in [-0.25, -0.2) is 0 Å². The van der Waals surface area contributed by atoms with Crippen LogP contribution in [0, 0.1) is 5.41 Å². The first-order valence-electron chi connectivity index (χ1n) is 6.75. The first-order chi connectivity index (χ1) is 10.1. The molecule has 4 heteroatoms. The number of aliphatic hydroxyl groups is 1. The zero-order chi connectivity index (χ0) is 14.8. The van der Waals surface area contributed by atoms with Crippen molar-refractivity contribution in [1.82, 2.24) is 0 Å². The molecule has 0 saturated carbocycles. The van der Waals surface area contributed by atoms with Gasteiger partial charge in [0, 0.05) is 16.7 Å². The summed E-state index contributed by atoms with van der Waals surface area (Å²) in [5.41, 5.74) is 0.150. The summed E-state index contributed by atoms with van der Waals surface area (Å²) in [7, 11) is 0. The van der Waals surface area contributed by atoms with Crippen LogP contribution in [0.1, 0.15) is 37.9 Å². The van der Waals surface area contributed by atoms with E-state index >= 15 is 0 Å². The molecule has 2 aromatic rings. The van der Waals surface area contributed by atoms with Crippen LogP contribution in [0.25, 0.3) is 0 Å². The monoisotopic (exact) mass is 280 g/mol. The Hall–Kier alpha value is -2.46. The van der Waals surface area contributed by atoms with E-state index < -0.39 is 17.3 Å². The third-order valence-corrected chi connectivity index (χ3v) is 4.61. The van der Waals surface area contributed by atoms with Crippen molar-refractivity contribution in [3.63, 3.8) is 0 Å². The molecule has 2 atom stereocenters. The summed E-state index contributed by atoms with van der Waals surface area (Å²) in [4.78, 5) is 25.5. The van der Waals surface area contributed by atoms with Crippen LogP contribution in [0.2, 0.25) is 0 Å². The van der Waals surface area contributed by atoms with E-state index in [2.05, 4.69) is 0 Å². The van der Waals surface area contributed by atoms with E-state index in [9.17, 15) is 19.8 Å². The largest absolute Gasteiger partial charge is 0.508 e. The van der Waals surface area contributed by atoms with E-state index in [1.165, 1.54) is 6.07 Å². The molecule has 0 saturated heterocycles. The number of fused-ring (bicyclic) bond motifs is 2. The molecule has 0 bridgehead atoms. The Morgan fingerprint density at radius 2 is 1.62 bits per heavy atom. The number of hydrogen-bond acceptors (Lipinski definition) is 4. The van der Waals surface area contributed by atoms with Gasteiger partial charge in [0.25, 0.3) is 0 Å². The second kappa shape index (κ2) is 3.80. The molecule has 0 aromatic heterocycles. The number of phenols is 1. The molecule has 1 spiro atoms. The quantitative estimate of drug-likeness (QED) is 0.724. The number of ketones is 2. The van der Waals surface area contributed by atoms with Gasteiger partial charge in [-0.1, -0.05) is 36.4 Å². The fraction of sp³-hybridized carbons (Fsp3) is 0.176. The molecule has 0 radical (unpaired) electrons. The number of benzene rings is 2. The predicted molar refractivity (Wildman–Crippen MR) is 74.3 cm³/mol. The van der Waals surface area contributed by atoms with Gasteiger partial charge in [-0.05, 0) is 18.1 Å². The van der Waals surface area contributed by atoms with Crippen LogP contribution in [-0.2, 0) is 6.42 Å². The minimum absolute atomic E-state index is 0.144. The zero-order valence-electron chi connectivity index (χ0n) is 11.0. The fourth-order valence-corrected chi connectivity index (χ4v) is 3.57. The highest BCUT2D eigenvalue weighted by molar-refractivity contribution is 6.25. The number of phenolic OH excluding ortho intramolecular Hbond substituents is 1. The van der Waals surface area contributed by atoms with Crippen LogP contribution in [0.3, 0.4) is 0 Å². The van der Waals surface area contributed by atoms with Crippen LogP contribution in [-0.4, -0.2) is 21.8 Å². The van der Waals surface area contributed by atoms with Crippen molar-refractivity contribution >= 4 is 11.6 Å². The topological polar surface area (TPSA) is 74.6 Å². The Balaban J connectivity index is 1.96. The molecule has 4 rings (SSSR count). The lowest BCUT2D eigenvalue weighted by Crippen LogP contribution is -2.37. The maximum absolute atomic E-state index is 12.8. The first kappa shape index (κ1) is 12.3. The lowest BCUT2D eigenvalue weighted by molar-refractivity contribution is 0.0341. The van der Waals surface area contributed by atoms with Gasteiger partial charge in [0.1, 0.15) is 17.3 Å². The molecule has 2 aliphatic carbocycles. The summed E-state index contributed by atoms with van der Waals surface area (Å²) in [5, 5.41) is 20.6. The van der Waals surface area contributed by atoms with E-state index in [4.69, 9.17) is 0 Å². The molecule has 21 heavy (non-hydrogen) atoms. The first-order valence-corrected chi connectivity index (χ1v) is 6.75. The van der Waals surface area contributed by atoms with Crippen LogP contribution in [0.4, 0.5) is 0 Å². The second-order valence-electron chi connectivity index (χ2n) is 5.60. The SMILES string of the molecule is O=C1c2ccccc2CC12C(=O)c1cccc(O)c1C2O. The van der Waals surface area contributed by atoms with E-state index in [0.29, 0.717) is 5.56 Å². The van der Waals surface area contributed by atoms with Crippen LogP contribution >= 0.6 is 0 Å². The molecule has 0 heterocycles. The minimum atomic E-state index is -1.51. The number of rotatable bonds is 0. The van der Waals surface area contributed by atoms with Crippen LogP contribution in [0.5, 0.6) is 5.75 Å². The van der Waals surface area contributed by atoms with Gasteiger partial charge in [0.15, 0.2) is 11.6 Å². The molecule has 2 N–H and O–H groups in total. The van der Waals surface area contributed by atoms with Crippen molar-refractivity contribution in [3.05, 3.63) is 64.7 Å². The standard InChI is InChI=1S/C17H12O4/c18-12-7-3-6-11-13(12)16(21)17(15(11)20)8-9-4-1-2-5-10(9)14(17)19/h1-7,16,18,21H,8H2. The molecular weight excluding hydrogens is 268 g/mol. The molecule has 2 unspecified atom stereocenters. The molecule has 2 aliphatic rings. The Morgan fingerprint density at radius 1 is 0.952 bits per heavy atom. The molecule has 0 amide bonds. The number of carbonyl (C=O) groups is 2. The van der Waals surface area contributed by atoms with Crippen molar-refractivity contribution in [1.29, 1.82) is 0 Å². The van der Waals surface area contributed by atoms with Crippen molar-refractivity contribution in [2.75, 3.05) is 0 Å². The maximum Gasteiger partial charge on any atom is 0.180 e. The Kier molecular flexibility index (Phi) is 2.22. The average Bonchev–Trinajstić information content (AvgIpc) is 2.90. The summed E-state index contributed by atoms with van der Waals surface area (Å²) in [6.45, 7) is 0. The fourth-order valence-electron chi connectivity index (χ4n) is 3.57. The summed E-state index contributed by atoms with van der Waals surface area (Å²) >= 11 is 0. The highest BCUT2D eigenvalue weighted by atomic mass is 16.3. The highest BCUT2D eigenvalue weighted by Gasteiger charge is 2.61. The zero-order valence-corrected chi connectivity index (χ0v) is 11.0. The summed E-state index contributed by atoms with van der Waals surface area (Å²) in [6.07, 6.45) is -1.13. The molecule has 0 fully saturated rings. The number of carbonyl (C=O) groups excluding carboxylic acids is 2. The predicted octanol–water partition coefficient (Wildman–Crippen LogP) is 2.05. The van der Waals surface area contributed by atoms with E-state index in [1.807, 2.05) is 6.07 Å². The average molecular weight is 280 g/mol. The van der Waals surface area contributed by atoms with Crippen molar-refractivity contribution in [2.24, 2.45) is 5.41 Å². The lowest BCUT2D eigenvalue weighted by Gasteiger charge is -2.24. The van der Waals surface area contributed by atoms with E-state index in [0.717, 1.165) is 5.56 Å². The second-order valence-corrected chi connectivity index (χ2v) is 5.60. The van der Waals surface area contributed by atoms with Gasteiger partial charge < -0.3 is 10.2 Å². The molecule has 104 valence electrons. The molecule has 2 aromatic carbocycles. The Morgan fingerprint density at radius 3 is 2.33 bits per heavy atom. The minimum Gasteiger partial charge on any atom is -0.508 e. The normalized spacial score (nSPS) is 26.2.